The maximum atomic E-state index is 12.8. The molecule has 0 aromatic heterocycles. The Morgan fingerprint density at radius 2 is 1.84 bits per heavy atom. The van der Waals surface area contributed by atoms with E-state index in [1.54, 1.807) is 53.4 Å². The van der Waals surface area contributed by atoms with Crippen molar-refractivity contribution in [2.24, 2.45) is 0 Å². The minimum Gasteiger partial charge on any atom is -0.493 e. The number of morpholine rings is 1. The maximum Gasteiger partial charge on any atom is 0.294 e. The Bertz CT molecular complexity index is 1230. The molecule has 4 rings (SSSR count). The number of rotatable bonds is 8. The van der Waals surface area contributed by atoms with Crippen molar-refractivity contribution in [3.8, 4) is 11.5 Å². The summed E-state index contributed by atoms with van der Waals surface area (Å²) >= 11 is 4.07. The van der Waals surface area contributed by atoms with Crippen molar-refractivity contribution in [3.63, 3.8) is 0 Å². The Morgan fingerprint density at radius 1 is 1.11 bits per heavy atom. The van der Waals surface area contributed by atoms with Crippen molar-refractivity contribution >= 4 is 62.4 Å². The van der Waals surface area contributed by atoms with Gasteiger partial charge in [-0.15, -0.1) is 0 Å². The minimum absolute atomic E-state index is 0.142. The first-order chi connectivity index (χ1) is 17.8. The molecule has 0 saturated carbocycles. The monoisotopic (exact) mass is 589 g/mol. The Balaban J connectivity index is 1.38. The summed E-state index contributed by atoms with van der Waals surface area (Å²) in [5, 5.41) is 2.13. The van der Waals surface area contributed by atoms with Gasteiger partial charge < -0.3 is 24.4 Å². The van der Waals surface area contributed by atoms with Crippen molar-refractivity contribution in [3.05, 3.63) is 57.4 Å². The number of nitrogens with one attached hydrogen (secondary N) is 1. The van der Waals surface area contributed by atoms with Gasteiger partial charge in [-0.1, -0.05) is 22.0 Å². The third-order valence-corrected chi connectivity index (χ3v) is 6.94. The zero-order valence-corrected chi connectivity index (χ0v) is 22.3. The van der Waals surface area contributed by atoms with E-state index in [0.29, 0.717) is 49.1 Å². The van der Waals surface area contributed by atoms with Gasteiger partial charge in [0, 0.05) is 23.2 Å². The zero-order chi connectivity index (χ0) is 26.4. The highest BCUT2D eigenvalue weighted by molar-refractivity contribution is 9.10. The second kappa shape index (κ2) is 12.3. The summed E-state index contributed by atoms with van der Waals surface area (Å²) in [6.07, 6.45) is 1.54. The lowest BCUT2D eigenvalue weighted by atomic mass is 10.2. The number of halogens is 1. The zero-order valence-electron chi connectivity index (χ0n) is 19.9. The van der Waals surface area contributed by atoms with Gasteiger partial charge in [-0.2, -0.15) is 0 Å². The van der Waals surface area contributed by atoms with E-state index in [4.69, 9.17) is 14.2 Å². The van der Waals surface area contributed by atoms with E-state index in [1.165, 1.54) is 7.11 Å². The third kappa shape index (κ3) is 6.90. The Kier molecular flexibility index (Phi) is 8.85. The Hall–Kier alpha value is -3.35. The van der Waals surface area contributed by atoms with E-state index < -0.39 is 23.6 Å². The van der Waals surface area contributed by atoms with Gasteiger partial charge in [0.05, 0.1) is 25.2 Å². The van der Waals surface area contributed by atoms with Gasteiger partial charge in [-0.25, -0.2) is 0 Å². The fourth-order valence-electron chi connectivity index (χ4n) is 3.60. The fraction of sp³-hybridized carbons (Fsp3) is 0.280. The van der Waals surface area contributed by atoms with Crippen LogP contribution in [0.3, 0.4) is 0 Å². The summed E-state index contributed by atoms with van der Waals surface area (Å²) in [7, 11) is 1.47. The second-order valence-electron chi connectivity index (χ2n) is 8.02. The highest BCUT2D eigenvalue weighted by atomic mass is 79.9. The summed E-state index contributed by atoms with van der Waals surface area (Å²) in [5.41, 5.74) is 1.14. The standard InChI is InChI=1S/C25H24BrN3O7S/c1-34-20-12-16(2-7-19(20)36-15-23(31)28-8-10-35-11-9-28)13-21-24(32)29(25(33)37-21)14-22(30)27-18-5-3-17(26)4-6-18/h2-7,12-13H,8-11,14-15H2,1H3,(H,27,30)/b21-13-. The molecule has 0 radical (unpaired) electrons. The topological polar surface area (TPSA) is 114 Å². The SMILES string of the molecule is COc1cc(/C=C2\SC(=O)N(CC(=O)Nc3ccc(Br)cc3)C2=O)ccc1OCC(=O)N1CCOCC1. The lowest BCUT2D eigenvalue weighted by molar-refractivity contribution is -0.137. The number of hydrogen-bond acceptors (Lipinski definition) is 8. The van der Waals surface area contributed by atoms with E-state index in [2.05, 4.69) is 21.2 Å². The number of nitrogens with zero attached hydrogens (tertiary/aromatic N) is 2. The number of benzene rings is 2. The summed E-state index contributed by atoms with van der Waals surface area (Å²) in [6.45, 7) is 1.52. The van der Waals surface area contributed by atoms with Crippen LogP contribution in [0.4, 0.5) is 10.5 Å². The lowest BCUT2D eigenvalue weighted by Crippen LogP contribution is -2.43. The number of amides is 4. The Morgan fingerprint density at radius 3 is 2.54 bits per heavy atom. The molecule has 2 aliphatic heterocycles. The molecule has 2 aliphatic rings. The smallest absolute Gasteiger partial charge is 0.294 e. The summed E-state index contributed by atoms with van der Waals surface area (Å²) < 4.78 is 17.2. The largest absolute Gasteiger partial charge is 0.493 e. The molecule has 10 nitrogen and oxygen atoms in total. The number of methoxy groups -OCH3 is 1. The molecule has 0 atom stereocenters. The number of hydrogen-bond donors (Lipinski definition) is 1. The van der Waals surface area contributed by atoms with Crippen LogP contribution in [0, 0.1) is 0 Å². The molecular weight excluding hydrogens is 566 g/mol. The number of imide groups is 1. The van der Waals surface area contributed by atoms with Crippen molar-refractivity contribution in [1.82, 2.24) is 9.80 Å². The molecule has 2 aromatic carbocycles. The molecule has 2 saturated heterocycles. The van der Waals surface area contributed by atoms with E-state index in [9.17, 15) is 19.2 Å². The van der Waals surface area contributed by atoms with Crippen molar-refractivity contribution in [2.45, 2.75) is 0 Å². The lowest BCUT2D eigenvalue weighted by Gasteiger charge is -2.26. The van der Waals surface area contributed by atoms with Crippen molar-refractivity contribution < 1.29 is 33.4 Å². The number of carbonyl (C=O) groups is 4. The normalized spacial score (nSPS) is 16.8. The van der Waals surface area contributed by atoms with Crippen molar-refractivity contribution in [2.75, 3.05) is 51.9 Å². The van der Waals surface area contributed by atoms with E-state index in [1.807, 2.05) is 0 Å². The molecule has 0 unspecified atom stereocenters. The summed E-state index contributed by atoms with van der Waals surface area (Å²) in [4.78, 5) is 52.7. The molecule has 2 aromatic rings. The molecule has 0 bridgehead atoms. The molecular formula is C25H24BrN3O7S. The number of anilines is 1. The van der Waals surface area contributed by atoms with E-state index in [0.717, 1.165) is 21.1 Å². The van der Waals surface area contributed by atoms with Crippen molar-refractivity contribution in [1.29, 1.82) is 0 Å². The first-order valence-electron chi connectivity index (χ1n) is 11.3. The maximum absolute atomic E-state index is 12.8. The average molecular weight is 590 g/mol. The van der Waals surface area contributed by atoms with Crippen LogP contribution in [-0.2, 0) is 19.1 Å². The van der Waals surface area contributed by atoms with E-state index >= 15 is 0 Å². The average Bonchev–Trinajstić information content (AvgIpc) is 3.16. The third-order valence-electron chi connectivity index (χ3n) is 5.50. The van der Waals surface area contributed by atoms with Gasteiger partial charge in [-0.05, 0) is 59.8 Å². The molecule has 4 amide bonds. The number of thioether (sulfide) groups is 1. The van der Waals surface area contributed by atoms with Crippen LogP contribution >= 0.6 is 27.7 Å². The molecule has 1 N–H and O–H groups in total. The van der Waals surface area contributed by atoms with Crippen LogP contribution in [-0.4, -0.2) is 79.3 Å². The molecule has 37 heavy (non-hydrogen) atoms. The van der Waals surface area contributed by atoms with Crippen LogP contribution in [0.5, 0.6) is 11.5 Å². The molecule has 0 aliphatic carbocycles. The fourth-order valence-corrected chi connectivity index (χ4v) is 4.70. The van der Waals surface area contributed by atoms with Gasteiger partial charge in [0.15, 0.2) is 18.1 Å². The molecule has 194 valence electrons. The van der Waals surface area contributed by atoms with Gasteiger partial charge in [0.1, 0.15) is 6.54 Å². The summed E-state index contributed by atoms with van der Waals surface area (Å²) in [6, 6.07) is 11.9. The number of carbonyl (C=O) groups excluding carboxylic acids is 4. The summed E-state index contributed by atoms with van der Waals surface area (Å²) in [5.74, 6) is -0.445. The first-order valence-corrected chi connectivity index (χ1v) is 12.9. The van der Waals surface area contributed by atoms with Crippen LogP contribution in [0.15, 0.2) is 51.8 Å². The van der Waals surface area contributed by atoms with E-state index in [-0.39, 0.29) is 17.4 Å². The minimum atomic E-state index is -0.559. The predicted octanol–water partition coefficient (Wildman–Crippen LogP) is 3.37. The molecule has 2 heterocycles. The predicted molar refractivity (Wildman–Crippen MR) is 141 cm³/mol. The highest BCUT2D eigenvalue weighted by Crippen LogP contribution is 2.34. The van der Waals surface area contributed by atoms with Gasteiger partial charge >= 0.3 is 0 Å². The van der Waals surface area contributed by atoms with Gasteiger partial charge in [0.25, 0.3) is 17.1 Å². The quantitative estimate of drug-likeness (QED) is 0.466. The molecule has 0 spiro atoms. The first kappa shape index (κ1) is 26.7. The molecule has 12 heteroatoms. The van der Waals surface area contributed by atoms with Crippen LogP contribution in [0.2, 0.25) is 0 Å². The van der Waals surface area contributed by atoms with Gasteiger partial charge in [-0.3, -0.25) is 24.1 Å². The number of ether oxygens (including phenoxy) is 3. The Labute approximate surface area is 226 Å². The van der Waals surface area contributed by atoms with Crippen LogP contribution < -0.4 is 14.8 Å². The van der Waals surface area contributed by atoms with Crippen LogP contribution in [0.1, 0.15) is 5.56 Å². The van der Waals surface area contributed by atoms with Gasteiger partial charge in [0.2, 0.25) is 5.91 Å². The highest BCUT2D eigenvalue weighted by Gasteiger charge is 2.36. The van der Waals surface area contributed by atoms with Crippen LogP contribution in [0.25, 0.3) is 6.08 Å². The molecule has 2 fully saturated rings. The second-order valence-corrected chi connectivity index (χ2v) is 9.92.